The standard InChI is InChI=1S/C22H23F3N4O2/c23-22(24,25)16-5-2-8-26-20(16)28-9-3-4-15(14-28)21(30)29-11-10-27-12-13-31-18-7-1-6-17(29)19(18)27/h1-2,5-8,15H,3-4,9-14H2. The molecule has 1 amide bonds. The van der Waals surface area contributed by atoms with E-state index < -0.39 is 11.7 Å². The van der Waals surface area contributed by atoms with Gasteiger partial charge in [0.25, 0.3) is 0 Å². The third-order valence-electron chi connectivity index (χ3n) is 6.23. The van der Waals surface area contributed by atoms with Crippen molar-refractivity contribution in [2.45, 2.75) is 19.0 Å². The Hall–Kier alpha value is -2.97. The summed E-state index contributed by atoms with van der Waals surface area (Å²) in [6, 6.07) is 8.03. The zero-order valence-corrected chi connectivity index (χ0v) is 16.9. The number of alkyl halides is 3. The minimum Gasteiger partial charge on any atom is -0.489 e. The molecule has 1 aromatic heterocycles. The summed E-state index contributed by atoms with van der Waals surface area (Å²) in [4.78, 5) is 23.1. The summed E-state index contributed by atoms with van der Waals surface area (Å²) in [6.45, 7) is 3.35. The number of carbonyl (C=O) groups excluding carboxylic acids is 1. The van der Waals surface area contributed by atoms with Crippen LogP contribution >= 0.6 is 0 Å². The lowest BCUT2D eigenvalue weighted by molar-refractivity contribution is -0.137. The van der Waals surface area contributed by atoms with Crippen LogP contribution in [0, 0.1) is 5.92 Å². The van der Waals surface area contributed by atoms with Crippen LogP contribution in [0.2, 0.25) is 0 Å². The number of hydrogen-bond donors (Lipinski definition) is 0. The Morgan fingerprint density at radius 3 is 2.77 bits per heavy atom. The van der Waals surface area contributed by atoms with Crippen LogP contribution < -0.4 is 19.4 Å². The van der Waals surface area contributed by atoms with E-state index in [-0.39, 0.29) is 24.2 Å². The van der Waals surface area contributed by atoms with Crippen LogP contribution in [0.5, 0.6) is 5.75 Å². The molecule has 0 spiro atoms. The number of amides is 1. The quantitative estimate of drug-likeness (QED) is 0.726. The second-order valence-corrected chi connectivity index (χ2v) is 8.11. The number of nitrogens with zero attached hydrogens (tertiary/aromatic N) is 4. The van der Waals surface area contributed by atoms with Gasteiger partial charge in [-0.3, -0.25) is 4.79 Å². The van der Waals surface area contributed by atoms with Gasteiger partial charge in [-0.2, -0.15) is 13.2 Å². The van der Waals surface area contributed by atoms with E-state index in [9.17, 15) is 18.0 Å². The Bertz CT molecular complexity index is 997. The number of hydrogen-bond acceptors (Lipinski definition) is 5. The van der Waals surface area contributed by atoms with Gasteiger partial charge >= 0.3 is 6.18 Å². The predicted octanol–water partition coefficient (Wildman–Crippen LogP) is 3.56. The summed E-state index contributed by atoms with van der Waals surface area (Å²) in [5.74, 6) is 0.245. The van der Waals surface area contributed by atoms with Crippen molar-refractivity contribution in [3.63, 3.8) is 0 Å². The summed E-state index contributed by atoms with van der Waals surface area (Å²) in [5.41, 5.74) is 0.996. The van der Waals surface area contributed by atoms with E-state index in [1.54, 1.807) is 9.80 Å². The van der Waals surface area contributed by atoms with E-state index in [0.717, 1.165) is 29.7 Å². The van der Waals surface area contributed by atoms with Crippen molar-refractivity contribution in [2.24, 2.45) is 5.92 Å². The summed E-state index contributed by atoms with van der Waals surface area (Å²) < 4.78 is 46.2. The van der Waals surface area contributed by atoms with Crippen molar-refractivity contribution < 1.29 is 22.7 Å². The molecule has 0 radical (unpaired) electrons. The van der Waals surface area contributed by atoms with Crippen LogP contribution in [0.25, 0.3) is 0 Å². The van der Waals surface area contributed by atoms with Gasteiger partial charge in [0.15, 0.2) is 0 Å². The first-order chi connectivity index (χ1) is 14.9. The largest absolute Gasteiger partial charge is 0.489 e. The number of pyridine rings is 1. The molecule has 1 unspecified atom stereocenters. The molecule has 3 aliphatic heterocycles. The maximum absolute atomic E-state index is 13.5. The second-order valence-electron chi connectivity index (χ2n) is 8.11. The first-order valence-corrected chi connectivity index (χ1v) is 10.5. The maximum Gasteiger partial charge on any atom is 0.419 e. The second kappa shape index (κ2) is 7.62. The molecule has 31 heavy (non-hydrogen) atoms. The molecule has 164 valence electrons. The number of aromatic nitrogens is 1. The topological polar surface area (TPSA) is 48.9 Å². The molecule has 4 heterocycles. The number of para-hydroxylation sites is 1. The van der Waals surface area contributed by atoms with Gasteiger partial charge in [-0.25, -0.2) is 4.98 Å². The van der Waals surface area contributed by atoms with Crippen LogP contribution in [0.15, 0.2) is 36.5 Å². The van der Waals surface area contributed by atoms with Crippen molar-refractivity contribution >= 4 is 23.1 Å². The number of ether oxygens (including phenoxy) is 1. The molecule has 5 rings (SSSR count). The van der Waals surface area contributed by atoms with Crippen LogP contribution in [0.4, 0.5) is 30.4 Å². The van der Waals surface area contributed by atoms with Crippen LogP contribution in [0.1, 0.15) is 18.4 Å². The minimum absolute atomic E-state index is 0.0483. The van der Waals surface area contributed by atoms with Gasteiger partial charge in [0.2, 0.25) is 5.91 Å². The fourth-order valence-corrected chi connectivity index (χ4v) is 4.80. The zero-order chi connectivity index (χ0) is 21.6. The summed E-state index contributed by atoms with van der Waals surface area (Å²) in [7, 11) is 0. The molecule has 2 aromatic rings. The number of halogens is 3. The Balaban J connectivity index is 1.40. The highest BCUT2D eigenvalue weighted by atomic mass is 19.4. The van der Waals surface area contributed by atoms with Crippen molar-refractivity contribution in [2.75, 3.05) is 54.0 Å². The molecular weight excluding hydrogens is 409 g/mol. The molecule has 1 fully saturated rings. The molecule has 0 N–H and O–H groups in total. The Kier molecular flexibility index (Phi) is 4.91. The molecule has 0 saturated carbocycles. The average molecular weight is 432 g/mol. The average Bonchev–Trinajstić information content (AvgIpc) is 2.79. The molecule has 1 atom stereocenters. The van der Waals surface area contributed by atoms with E-state index >= 15 is 0 Å². The van der Waals surface area contributed by atoms with Crippen LogP contribution in [-0.4, -0.2) is 50.2 Å². The highest BCUT2D eigenvalue weighted by Gasteiger charge is 2.39. The van der Waals surface area contributed by atoms with Crippen molar-refractivity contribution in [3.05, 3.63) is 42.1 Å². The molecular formula is C22H23F3N4O2. The van der Waals surface area contributed by atoms with Gasteiger partial charge in [-0.1, -0.05) is 6.07 Å². The minimum atomic E-state index is -4.49. The lowest BCUT2D eigenvalue weighted by atomic mass is 9.95. The van der Waals surface area contributed by atoms with Crippen molar-refractivity contribution in [3.8, 4) is 5.75 Å². The number of anilines is 3. The number of carbonyl (C=O) groups is 1. The maximum atomic E-state index is 13.5. The zero-order valence-electron chi connectivity index (χ0n) is 16.9. The SMILES string of the molecule is O=C(C1CCCN(c2ncccc2C(F)(F)F)C1)N1CCN2CCOc3cccc1c32. The van der Waals surface area contributed by atoms with Crippen LogP contribution in [-0.2, 0) is 11.0 Å². The van der Waals surface area contributed by atoms with Gasteiger partial charge in [0.05, 0.1) is 23.7 Å². The van der Waals surface area contributed by atoms with Gasteiger partial charge in [-0.15, -0.1) is 0 Å². The Labute approximate surface area is 178 Å². The lowest BCUT2D eigenvalue weighted by Crippen LogP contribution is -2.51. The summed E-state index contributed by atoms with van der Waals surface area (Å²) in [5, 5.41) is 0. The van der Waals surface area contributed by atoms with E-state index in [1.165, 1.54) is 12.3 Å². The molecule has 6 nitrogen and oxygen atoms in total. The van der Waals surface area contributed by atoms with Crippen molar-refractivity contribution in [1.82, 2.24) is 4.98 Å². The summed E-state index contributed by atoms with van der Waals surface area (Å²) in [6.07, 6.45) is -1.83. The highest BCUT2D eigenvalue weighted by molar-refractivity contribution is 6.00. The monoisotopic (exact) mass is 432 g/mol. The third kappa shape index (κ3) is 3.55. The van der Waals surface area contributed by atoms with E-state index in [2.05, 4.69) is 9.88 Å². The molecule has 9 heteroatoms. The van der Waals surface area contributed by atoms with Gasteiger partial charge in [0, 0.05) is 32.4 Å². The van der Waals surface area contributed by atoms with Gasteiger partial charge < -0.3 is 19.4 Å². The normalized spacial score (nSPS) is 20.9. The molecule has 1 aromatic carbocycles. The lowest BCUT2D eigenvalue weighted by Gasteiger charge is -2.43. The third-order valence-corrected chi connectivity index (χ3v) is 6.23. The highest BCUT2D eigenvalue weighted by Crippen LogP contribution is 2.43. The Morgan fingerprint density at radius 2 is 1.94 bits per heavy atom. The Morgan fingerprint density at radius 1 is 1.06 bits per heavy atom. The summed E-state index contributed by atoms with van der Waals surface area (Å²) >= 11 is 0. The van der Waals surface area contributed by atoms with E-state index in [4.69, 9.17) is 4.74 Å². The molecule has 0 bridgehead atoms. The molecule has 1 saturated heterocycles. The number of benzene rings is 1. The fraction of sp³-hybridized carbons (Fsp3) is 0.455. The fourth-order valence-electron chi connectivity index (χ4n) is 4.80. The molecule has 0 aliphatic carbocycles. The van der Waals surface area contributed by atoms with Gasteiger partial charge in [0.1, 0.15) is 23.9 Å². The molecule has 3 aliphatic rings. The van der Waals surface area contributed by atoms with Crippen molar-refractivity contribution in [1.29, 1.82) is 0 Å². The first-order valence-electron chi connectivity index (χ1n) is 10.5. The van der Waals surface area contributed by atoms with E-state index in [1.807, 2.05) is 18.2 Å². The van der Waals surface area contributed by atoms with E-state index in [0.29, 0.717) is 39.1 Å². The predicted molar refractivity (Wildman–Crippen MR) is 111 cm³/mol. The number of piperidine rings is 1. The number of rotatable bonds is 2. The first kappa shape index (κ1) is 20.0. The van der Waals surface area contributed by atoms with Crippen LogP contribution in [0.3, 0.4) is 0 Å². The smallest absolute Gasteiger partial charge is 0.419 e. The van der Waals surface area contributed by atoms with Gasteiger partial charge in [-0.05, 0) is 37.1 Å².